The lowest BCUT2D eigenvalue weighted by Crippen LogP contribution is -2.23. The first kappa shape index (κ1) is 26.1. The van der Waals surface area contributed by atoms with Gasteiger partial charge in [0.1, 0.15) is 0 Å². The third kappa shape index (κ3) is 11.1. The predicted octanol–water partition coefficient (Wildman–Crippen LogP) is 4.10. The van der Waals surface area contributed by atoms with E-state index in [0.717, 1.165) is 25.7 Å². The molecule has 0 aliphatic rings. The summed E-state index contributed by atoms with van der Waals surface area (Å²) in [7, 11) is -1.27. The molecule has 2 atom stereocenters. The van der Waals surface area contributed by atoms with Gasteiger partial charge in [-0.25, -0.2) is 4.79 Å². The molecule has 6 nitrogen and oxygen atoms in total. The van der Waals surface area contributed by atoms with E-state index < -0.39 is 19.1 Å². The molecule has 0 heterocycles. The maximum Gasteiger partial charge on any atom is 0.451 e. The molecule has 0 aliphatic carbocycles. The van der Waals surface area contributed by atoms with E-state index in [1.54, 1.807) is 12.1 Å². The van der Waals surface area contributed by atoms with Crippen LogP contribution in [0, 0.1) is 11.8 Å². The minimum atomic E-state index is -1.27. The van der Waals surface area contributed by atoms with E-state index in [4.69, 9.17) is 20.3 Å². The zero-order valence-corrected chi connectivity index (χ0v) is 17.3. The van der Waals surface area contributed by atoms with Gasteiger partial charge in [-0.15, -0.1) is 0 Å². The fourth-order valence-electron chi connectivity index (χ4n) is 3.16. The minimum absolute atomic E-state index is 0.145. The minimum Gasteiger partial charge on any atom is -0.481 e. The number of aromatic carboxylic acids is 1. The lowest BCUT2D eigenvalue weighted by atomic mass is 9.78. The SMILES string of the molecule is CCC(CCCB(O)O)C(CC)C(=O)O.CCCCc1ccc(C(=O)O)cc1. The Balaban J connectivity index is 0.000000525. The second-order valence-corrected chi connectivity index (χ2v) is 7.04. The summed E-state index contributed by atoms with van der Waals surface area (Å²) in [6, 6.07) is 7.10. The summed E-state index contributed by atoms with van der Waals surface area (Å²) in [6.07, 6.45) is 6.57. The molecule has 0 aromatic heterocycles. The quantitative estimate of drug-likeness (QED) is 0.397. The molecule has 0 saturated heterocycles. The normalized spacial score (nSPS) is 12.5. The topological polar surface area (TPSA) is 115 Å². The molecule has 0 radical (unpaired) electrons. The lowest BCUT2D eigenvalue weighted by Gasteiger charge is -2.21. The average Bonchev–Trinajstić information content (AvgIpc) is 2.66. The summed E-state index contributed by atoms with van der Waals surface area (Å²) in [5.74, 6) is -1.76. The Morgan fingerprint density at radius 1 is 0.964 bits per heavy atom. The van der Waals surface area contributed by atoms with E-state index in [1.807, 2.05) is 26.0 Å². The molecule has 0 bridgehead atoms. The molecule has 1 aromatic rings. The van der Waals surface area contributed by atoms with Gasteiger partial charge in [0.15, 0.2) is 0 Å². The zero-order valence-electron chi connectivity index (χ0n) is 17.3. The van der Waals surface area contributed by atoms with Crippen LogP contribution in [-0.4, -0.2) is 39.3 Å². The van der Waals surface area contributed by atoms with Gasteiger partial charge in [-0.3, -0.25) is 4.79 Å². The highest BCUT2D eigenvalue weighted by molar-refractivity contribution is 6.40. The molecule has 0 amide bonds. The van der Waals surface area contributed by atoms with Gasteiger partial charge < -0.3 is 20.3 Å². The summed E-state index contributed by atoms with van der Waals surface area (Å²) in [6.45, 7) is 6.00. The second-order valence-electron chi connectivity index (χ2n) is 7.04. The summed E-state index contributed by atoms with van der Waals surface area (Å²) < 4.78 is 0. The second kappa shape index (κ2) is 15.1. The van der Waals surface area contributed by atoms with Crippen LogP contribution in [0.5, 0.6) is 0 Å². The highest BCUT2D eigenvalue weighted by Crippen LogP contribution is 2.25. The molecule has 1 rings (SSSR count). The van der Waals surface area contributed by atoms with Crippen molar-refractivity contribution in [3.63, 3.8) is 0 Å². The molecular weight excluding hydrogens is 359 g/mol. The number of hydrogen-bond acceptors (Lipinski definition) is 4. The number of benzene rings is 1. The molecule has 2 unspecified atom stereocenters. The number of aryl methyl sites for hydroxylation is 1. The number of hydrogen-bond donors (Lipinski definition) is 4. The van der Waals surface area contributed by atoms with Crippen LogP contribution in [0.25, 0.3) is 0 Å². The van der Waals surface area contributed by atoms with Crippen LogP contribution in [0.2, 0.25) is 6.32 Å². The molecule has 0 aliphatic heterocycles. The Hall–Kier alpha value is -1.86. The van der Waals surface area contributed by atoms with Crippen molar-refractivity contribution in [1.82, 2.24) is 0 Å². The standard InChI is InChI=1S/C11H14O2.C10H21BO4/c1-2-3-4-9-5-7-10(8-6-9)11(12)13;1-3-8(6-5-7-11(14)15)9(4-2)10(12)13/h5-8H,2-4H2,1H3,(H,12,13);8-9,14-15H,3-7H2,1-2H3,(H,12,13). The Morgan fingerprint density at radius 2 is 1.57 bits per heavy atom. The molecule has 0 spiro atoms. The third-order valence-electron chi connectivity index (χ3n) is 4.91. The van der Waals surface area contributed by atoms with E-state index in [2.05, 4.69) is 6.92 Å². The van der Waals surface area contributed by atoms with E-state index in [1.165, 1.54) is 12.0 Å². The maximum absolute atomic E-state index is 10.9. The van der Waals surface area contributed by atoms with Crippen molar-refractivity contribution in [3.05, 3.63) is 35.4 Å². The van der Waals surface area contributed by atoms with Crippen LogP contribution in [0.3, 0.4) is 0 Å². The van der Waals surface area contributed by atoms with Crippen molar-refractivity contribution in [2.75, 3.05) is 0 Å². The Labute approximate surface area is 168 Å². The molecule has 158 valence electrons. The Kier molecular flexibility index (Phi) is 14.1. The van der Waals surface area contributed by atoms with Gasteiger partial charge in [-0.05, 0) is 49.2 Å². The summed E-state index contributed by atoms with van der Waals surface area (Å²) in [4.78, 5) is 21.5. The van der Waals surface area contributed by atoms with Crippen molar-refractivity contribution >= 4 is 19.1 Å². The van der Waals surface area contributed by atoms with E-state index in [9.17, 15) is 9.59 Å². The number of aliphatic carboxylic acids is 1. The molecule has 28 heavy (non-hydrogen) atoms. The van der Waals surface area contributed by atoms with Gasteiger partial charge in [0.05, 0.1) is 11.5 Å². The van der Waals surface area contributed by atoms with Crippen LogP contribution in [0.4, 0.5) is 0 Å². The highest BCUT2D eigenvalue weighted by atomic mass is 16.4. The fourth-order valence-corrected chi connectivity index (χ4v) is 3.16. The fraction of sp³-hybridized carbons (Fsp3) is 0.619. The zero-order chi connectivity index (χ0) is 21.5. The molecule has 0 fully saturated rings. The van der Waals surface area contributed by atoms with Gasteiger partial charge in [0.25, 0.3) is 0 Å². The number of unbranched alkanes of at least 4 members (excludes halogenated alkanes) is 1. The van der Waals surface area contributed by atoms with Crippen molar-refractivity contribution < 1.29 is 29.9 Å². The van der Waals surface area contributed by atoms with Crippen molar-refractivity contribution in [2.24, 2.45) is 11.8 Å². The first-order chi connectivity index (χ1) is 13.3. The Bertz CT molecular complexity index is 559. The number of carbonyl (C=O) groups is 2. The van der Waals surface area contributed by atoms with Crippen LogP contribution in [0.1, 0.15) is 75.2 Å². The van der Waals surface area contributed by atoms with E-state index in [-0.39, 0.29) is 11.8 Å². The monoisotopic (exact) mass is 394 g/mol. The molecule has 4 N–H and O–H groups in total. The number of rotatable bonds is 12. The van der Waals surface area contributed by atoms with Crippen LogP contribution >= 0.6 is 0 Å². The van der Waals surface area contributed by atoms with Crippen LogP contribution in [0.15, 0.2) is 24.3 Å². The van der Waals surface area contributed by atoms with Crippen molar-refractivity contribution in [3.8, 4) is 0 Å². The number of carboxylic acid groups (broad SMARTS) is 2. The molecule has 1 aromatic carbocycles. The molecule has 7 heteroatoms. The molecular formula is C21H35BO6. The van der Waals surface area contributed by atoms with Crippen LogP contribution in [-0.2, 0) is 11.2 Å². The first-order valence-electron chi connectivity index (χ1n) is 10.2. The van der Waals surface area contributed by atoms with Gasteiger partial charge in [-0.2, -0.15) is 0 Å². The summed E-state index contributed by atoms with van der Waals surface area (Å²) in [5.41, 5.74) is 1.58. The third-order valence-corrected chi connectivity index (χ3v) is 4.91. The summed E-state index contributed by atoms with van der Waals surface area (Å²) >= 11 is 0. The highest BCUT2D eigenvalue weighted by Gasteiger charge is 2.24. The van der Waals surface area contributed by atoms with Gasteiger partial charge in [-0.1, -0.05) is 58.6 Å². The van der Waals surface area contributed by atoms with Crippen molar-refractivity contribution in [1.29, 1.82) is 0 Å². The Morgan fingerprint density at radius 3 is 1.96 bits per heavy atom. The van der Waals surface area contributed by atoms with Gasteiger partial charge in [0, 0.05) is 0 Å². The molecule has 0 saturated carbocycles. The van der Waals surface area contributed by atoms with Gasteiger partial charge >= 0.3 is 19.1 Å². The van der Waals surface area contributed by atoms with E-state index in [0.29, 0.717) is 24.7 Å². The van der Waals surface area contributed by atoms with Crippen LogP contribution < -0.4 is 0 Å². The summed E-state index contributed by atoms with van der Waals surface area (Å²) in [5, 5.41) is 35.0. The number of carboxylic acids is 2. The average molecular weight is 394 g/mol. The largest absolute Gasteiger partial charge is 0.481 e. The maximum atomic E-state index is 10.9. The smallest absolute Gasteiger partial charge is 0.451 e. The van der Waals surface area contributed by atoms with E-state index >= 15 is 0 Å². The van der Waals surface area contributed by atoms with Gasteiger partial charge in [0.2, 0.25) is 0 Å². The van der Waals surface area contributed by atoms with Crippen molar-refractivity contribution in [2.45, 2.75) is 72.0 Å². The first-order valence-corrected chi connectivity index (χ1v) is 10.2. The predicted molar refractivity (Wildman–Crippen MR) is 111 cm³/mol. The lowest BCUT2D eigenvalue weighted by molar-refractivity contribution is -0.144.